The highest BCUT2D eigenvalue weighted by atomic mass is 19.1. The summed E-state index contributed by atoms with van der Waals surface area (Å²) in [5.41, 5.74) is 4.17. The lowest BCUT2D eigenvalue weighted by Crippen LogP contribution is -2.31. The molecule has 0 radical (unpaired) electrons. The summed E-state index contributed by atoms with van der Waals surface area (Å²) in [5, 5.41) is 9.15. The standard InChI is InChI=1S/C23H24FNO3/c24-21-7-6-18(28-17-2-1-3-17)11-22(21)25-9-8-14-10-15(4-5-16(14)13-25)19-12-20(19)23(26)27/h4-7,10-11,17,19-20H,1-3,8-9,12-13H2,(H,26,27). The molecule has 2 unspecified atom stereocenters. The van der Waals surface area contributed by atoms with Gasteiger partial charge in [0.25, 0.3) is 0 Å². The van der Waals surface area contributed by atoms with Crippen molar-refractivity contribution in [2.75, 3.05) is 11.4 Å². The highest BCUT2D eigenvalue weighted by molar-refractivity contribution is 5.75. The van der Waals surface area contributed by atoms with Gasteiger partial charge in [-0.15, -0.1) is 0 Å². The molecule has 0 spiro atoms. The molecule has 5 rings (SSSR count). The number of ether oxygens (including phenoxy) is 1. The SMILES string of the molecule is O=C(O)C1CC1c1ccc2c(c1)CCN(c1cc(OC3CCC3)ccc1F)C2. The van der Waals surface area contributed by atoms with Crippen molar-refractivity contribution >= 4 is 11.7 Å². The number of rotatable bonds is 5. The first-order chi connectivity index (χ1) is 13.6. The Balaban J connectivity index is 1.33. The molecule has 1 heterocycles. The van der Waals surface area contributed by atoms with E-state index in [0.29, 0.717) is 12.2 Å². The van der Waals surface area contributed by atoms with E-state index in [-0.39, 0.29) is 23.8 Å². The Hall–Kier alpha value is -2.56. The van der Waals surface area contributed by atoms with Gasteiger partial charge in [0.05, 0.1) is 17.7 Å². The maximum absolute atomic E-state index is 14.5. The molecule has 3 aliphatic rings. The summed E-state index contributed by atoms with van der Waals surface area (Å²) in [5.74, 6) is -0.253. The van der Waals surface area contributed by atoms with E-state index in [1.165, 1.54) is 23.6 Å². The van der Waals surface area contributed by atoms with Crippen molar-refractivity contribution in [3.63, 3.8) is 0 Å². The van der Waals surface area contributed by atoms with Crippen LogP contribution in [0, 0.1) is 11.7 Å². The van der Waals surface area contributed by atoms with Crippen LogP contribution in [0.4, 0.5) is 10.1 Å². The van der Waals surface area contributed by atoms with Gasteiger partial charge >= 0.3 is 5.97 Å². The van der Waals surface area contributed by atoms with Gasteiger partial charge in [-0.25, -0.2) is 4.39 Å². The van der Waals surface area contributed by atoms with Gasteiger partial charge in [0.1, 0.15) is 11.6 Å². The highest BCUT2D eigenvalue weighted by Crippen LogP contribution is 2.48. The van der Waals surface area contributed by atoms with Crippen molar-refractivity contribution in [1.29, 1.82) is 0 Å². The van der Waals surface area contributed by atoms with Gasteiger partial charge in [-0.3, -0.25) is 4.79 Å². The van der Waals surface area contributed by atoms with Crippen LogP contribution < -0.4 is 9.64 Å². The predicted octanol–water partition coefficient (Wildman–Crippen LogP) is 4.51. The van der Waals surface area contributed by atoms with E-state index < -0.39 is 5.97 Å². The Labute approximate surface area is 163 Å². The van der Waals surface area contributed by atoms with Crippen molar-refractivity contribution in [3.05, 3.63) is 58.9 Å². The molecule has 0 bridgehead atoms. The molecule has 0 amide bonds. The molecule has 1 N–H and O–H groups in total. The quantitative estimate of drug-likeness (QED) is 0.828. The van der Waals surface area contributed by atoms with Crippen molar-refractivity contribution in [1.82, 2.24) is 0 Å². The molecule has 2 aliphatic carbocycles. The van der Waals surface area contributed by atoms with Crippen molar-refractivity contribution in [3.8, 4) is 5.75 Å². The molecule has 0 saturated heterocycles. The normalized spacial score (nSPS) is 23.7. The third-order valence-corrected chi connectivity index (χ3v) is 6.39. The molecule has 5 heteroatoms. The number of hydrogen-bond acceptors (Lipinski definition) is 3. The molecule has 2 saturated carbocycles. The lowest BCUT2D eigenvalue weighted by atomic mass is 9.95. The van der Waals surface area contributed by atoms with Gasteiger partial charge in [-0.2, -0.15) is 0 Å². The molecule has 2 aromatic rings. The second-order valence-corrected chi connectivity index (χ2v) is 8.27. The average molecular weight is 381 g/mol. The first-order valence-corrected chi connectivity index (χ1v) is 10.1. The lowest BCUT2D eigenvalue weighted by molar-refractivity contribution is -0.138. The van der Waals surface area contributed by atoms with Gasteiger partial charge in [0.15, 0.2) is 0 Å². The molecular weight excluding hydrogens is 357 g/mol. The summed E-state index contributed by atoms with van der Waals surface area (Å²) in [4.78, 5) is 13.2. The monoisotopic (exact) mass is 381 g/mol. The Morgan fingerprint density at radius 1 is 1.14 bits per heavy atom. The van der Waals surface area contributed by atoms with Crippen LogP contribution >= 0.6 is 0 Å². The maximum atomic E-state index is 14.5. The Morgan fingerprint density at radius 3 is 2.71 bits per heavy atom. The first-order valence-electron chi connectivity index (χ1n) is 10.1. The lowest BCUT2D eigenvalue weighted by Gasteiger charge is -2.32. The number of fused-ring (bicyclic) bond motifs is 1. The number of carbonyl (C=O) groups is 1. The largest absolute Gasteiger partial charge is 0.490 e. The molecule has 1 aliphatic heterocycles. The topological polar surface area (TPSA) is 49.8 Å². The number of carboxylic acids is 1. The van der Waals surface area contributed by atoms with Crippen LogP contribution in [0.3, 0.4) is 0 Å². The molecular formula is C23H24FNO3. The van der Waals surface area contributed by atoms with Crippen molar-refractivity contribution in [2.24, 2.45) is 5.92 Å². The van der Waals surface area contributed by atoms with E-state index in [2.05, 4.69) is 17.0 Å². The predicted molar refractivity (Wildman–Crippen MR) is 104 cm³/mol. The minimum atomic E-state index is -0.701. The summed E-state index contributed by atoms with van der Waals surface area (Å²) < 4.78 is 20.5. The summed E-state index contributed by atoms with van der Waals surface area (Å²) in [6.07, 6.45) is 5.21. The third-order valence-electron chi connectivity index (χ3n) is 6.39. The van der Waals surface area contributed by atoms with E-state index in [4.69, 9.17) is 9.84 Å². The van der Waals surface area contributed by atoms with Gasteiger partial charge in [0.2, 0.25) is 0 Å². The average Bonchev–Trinajstić information content (AvgIpc) is 3.46. The van der Waals surface area contributed by atoms with E-state index in [1.807, 2.05) is 12.1 Å². The number of carboxylic acid groups (broad SMARTS) is 1. The third kappa shape index (κ3) is 3.23. The second kappa shape index (κ2) is 6.80. The fourth-order valence-electron chi connectivity index (χ4n) is 4.33. The number of aliphatic carboxylic acids is 1. The zero-order valence-electron chi connectivity index (χ0n) is 15.7. The second-order valence-electron chi connectivity index (χ2n) is 8.27. The van der Waals surface area contributed by atoms with Gasteiger partial charge in [-0.1, -0.05) is 18.2 Å². The summed E-state index contributed by atoms with van der Waals surface area (Å²) in [7, 11) is 0. The minimum absolute atomic E-state index is 0.151. The number of benzene rings is 2. The zero-order valence-corrected chi connectivity index (χ0v) is 15.7. The van der Waals surface area contributed by atoms with E-state index in [1.54, 1.807) is 6.07 Å². The zero-order chi connectivity index (χ0) is 19.3. The Bertz CT molecular complexity index is 924. The molecule has 2 fully saturated rings. The van der Waals surface area contributed by atoms with Crippen LogP contribution in [0.15, 0.2) is 36.4 Å². The maximum Gasteiger partial charge on any atom is 0.307 e. The number of halogens is 1. The fraction of sp³-hybridized carbons (Fsp3) is 0.435. The first kappa shape index (κ1) is 17.5. The molecule has 0 aromatic heterocycles. The van der Waals surface area contributed by atoms with Gasteiger partial charge in [-0.05, 0) is 66.8 Å². The summed E-state index contributed by atoms with van der Waals surface area (Å²) >= 11 is 0. The minimum Gasteiger partial charge on any atom is -0.490 e. The molecule has 28 heavy (non-hydrogen) atoms. The van der Waals surface area contributed by atoms with Crippen LogP contribution in [0.5, 0.6) is 5.75 Å². The van der Waals surface area contributed by atoms with E-state index in [0.717, 1.165) is 43.5 Å². The van der Waals surface area contributed by atoms with Crippen LogP contribution in [-0.4, -0.2) is 23.7 Å². The number of hydrogen-bond donors (Lipinski definition) is 1. The van der Waals surface area contributed by atoms with Crippen LogP contribution in [0.1, 0.15) is 48.3 Å². The van der Waals surface area contributed by atoms with E-state index >= 15 is 0 Å². The van der Waals surface area contributed by atoms with E-state index in [9.17, 15) is 9.18 Å². The smallest absolute Gasteiger partial charge is 0.307 e. The molecule has 4 nitrogen and oxygen atoms in total. The van der Waals surface area contributed by atoms with Gasteiger partial charge in [0, 0.05) is 19.2 Å². The highest BCUT2D eigenvalue weighted by Gasteiger charge is 2.44. The summed E-state index contributed by atoms with van der Waals surface area (Å²) in [6.45, 7) is 1.40. The van der Waals surface area contributed by atoms with Crippen molar-refractivity contribution < 1.29 is 19.0 Å². The Morgan fingerprint density at radius 2 is 2.00 bits per heavy atom. The molecule has 2 aromatic carbocycles. The van der Waals surface area contributed by atoms with Gasteiger partial charge < -0.3 is 14.7 Å². The fourth-order valence-corrected chi connectivity index (χ4v) is 4.33. The molecule has 2 atom stereocenters. The van der Waals surface area contributed by atoms with Crippen molar-refractivity contribution in [2.45, 2.75) is 50.7 Å². The van der Waals surface area contributed by atoms with Crippen LogP contribution in [0.2, 0.25) is 0 Å². The van der Waals surface area contributed by atoms with Crippen LogP contribution in [0.25, 0.3) is 0 Å². The van der Waals surface area contributed by atoms with Crippen LogP contribution in [-0.2, 0) is 17.8 Å². The molecule has 146 valence electrons. The summed E-state index contributed by atoms with van der Waals surface area (Å²) in [6, 6.07) is 11.3. The number of anilines is 1. The number of nitrogens with zero attached hydrogens (tertiary/aromatic N) is 1. The Kier molecular flexibility index (Phi) is 4.26.